The molecule has 1 saturated heterocycles. The van der Waals surface area contributed by atoms with Crippen molar-refractivity contribution in [3.05, 3.63) is 40.9 Å². The first-order valence-electron chi connectivity index (χ1n) is 7.29. The zero-order valence-electron chi connectivity index (χ0n) is 12.4. The van der Waals surface area contributed by atoms with Gasteiger partial charge in [-0.3, -0.25) is 10.1 Å². The first kappa shape index (κ1) is 15.0. The molecular formula is C16H18N2O3S. The summed E-state index contributed by atoms with van der Waals surface area (Å²) in [6, 6.07) is 7.16. The van der Waals surface area contributed by atoms with E-state index in [4.69, 9.17) is 9.47 Å². The highest BCUT2D eigenvalue weighted by Crippen LogP contribution is 2.20. The highest BCUT2D eigenvalue weighted by Gasteiger charge is 2.16. The van der Waals surface area contributed by atoms with E-state index in [9.17, 15) is 4.79 Å². The lowest BCUT2D eigenvalue weighted by molar-refractivity contribution is 0.0679. The number of hydrogen-bond donors (Lipinski definition) is 1. The number of anilines is 1. The van der Waals surface area contributed by atoms with Crippen LogP contribution in [-0.4, -0.2) is 30.2 Å². The fourth-order valence-electron chi connectivity index (χ4n) is 2.27. The molecule has 0 saturated carbocycles. The zero-order valence-corrected chi connectivity index (χ0v) is 13.2. The summed E-state index contributed by atoms with van der Waals surface area (Å²) in [7, 11) is 0. The lowest BCUT2D eigenvalue weighted by Gasteiger charge is -2.12. The average molecular weight is 318 g/mol. The number of carbonyl (C=O) groups is 1. The van der Waals surface area contributed by atoms with Gasteiger partial charge in [0.05, 0.1) is 6.10 Å². The van der Waals surface area contributed by atoms with Crippen molar-refractivity contribution in [2.45, 2.75) is 25.9 Å². The number of ether oxygens (including phenoxy) is 2. The first-order valence-corrected chi connectivity index (χ1v) is 8.10. The Morgan fingerprint density at radius 2 is 2.45 bits per heavy atom. The molecule has 1 aliphatic rings. The van der Waals surface area contributed by atoms with E-state index in [1.807, 2.05) is 19.1 Å². The second-order valence-corrected chi connectivity index (χ2v) is 6.44. The molecule has 5 nitrogen and oxygen atoms in total. The molecule has 6 heteroatoms. The predicted octanol–water partition coefficient (Wildman–Crippen LogP) is 3.26. The summed E-state index contributed by atoms with van der Waals surface area (Å²) in [6.45, 7) is 3.29. The zero-order chi connectivity index (χ0) is 15.4. The molecule has 22 heavy (non-hydrogen) atoms. The van der Waals surface area contributed by atoms with E-state index in [1.165, 1.54) is 11.3 Å². The second kappa shape index (κ2) is 6.89. The van der Waals surface area contributed by atoms with Crippen LogP contribution in [0.25, 0.3) is 0 Å². The molecule has 0 radical (unpaired) electrons. The van der Waals surface area contributed by atoms with Gasteiger partial charge >= 0.3 is 0 Å². The van der Waals surface area contributed by atoms with Gasteiger partial charge in [0.25, 0.3) is 5.91 Å². The third-order valence-electron chi connectivity index (χ3n) is 3.40. The Balaban J connectivity index is 1.61. The number of benzene rings is 1. The topological polar surface area (TPSA) is 60.5 Å². The van der Waals surface area contributed by atoms with Crippen LogP contribution in [0.15, 0.2) is 30.5 Å². The molecule has 1 aromatic carbocycles. The summed E-state index contributed by atoms with van der Waals surface area (Å²) in [4.78, 5) is 17.4. The van der Waals surface area contributed by atoms with Crippen molar-refractivity contribution in [3.8, 4) is 5.75 Å². The van der Waals surface area contributed by atoms with E-state index in [1.54, 1.807) is 18.3 Å². The Labute approximate surface area is 133 Å². The molecule has 2 heterocycles. The monoisotopic (exact) mass is 318 g/mol. The number of aryl methyl sites for hydroxylation is 1. The summed E-state index contributed by atoms with van der Waals surface area (Å²) in [5, 5.41) is 3.40. The van der Waals surface area contributed by atoms with Gasteiger partial charge in [-0.05, 0) is 38.0 Å². The van der Waals surface area contributed by atoms with Gasteiger partial charge in [0.1, 0.15) is 12.4 Å². The largest absolute Gasteiger partial charge is 0.491 e. The van der Waals surface area contributed by atoms with Gasteiger partial charge in [0.15, 0.2) is 5.13 Å². The van der Waals surface area contributed by atoms with Crippen molar-refractivity contribution in [1.29, 1.82) is 0 Å². The maximum Gasteiger partial charge on any atom is 0.257 e. The van der Waals surface area contributed by atoms with E-state index < -0.39 is 0 Å². The Kier molecular flexibility index (Phi) is 4.70. The van der Waals surface area contributed by atoms with Gasteiger partial charge in [-0.15, -0.1) is 11.3 Å². The van der Waals surface area contributed by atoms with Crippen LogP contribution >= 0.6 is 11.3 Å². The van der Waals surface area contributed by atoms with Crippen molar-refractivity contribution in [1.82, 2.24) is 4.98 Å². The molecule has 3 rings (SSSR count). The van der Waals surface area contributed by atoms with Gasteiger partial charge in [0.2, 0.25) is 0 Å². The Morgan fingerprint density at radius 3 is 3.18 bits per heavy atom. The Bertz CT molecular complexity index is 650. The maximum absolute atomic E-state index is 12.2. The number of aromatic nitrogens is 1. The van der Waals surface area contributed by atoms with Crippen molar-refractivity contribution < 1.29 is 14.3 Å². The molecule has 116 valence electrons. The highest BCUT2D eigenvalue weighted by atomic mass is 32.1. The van der Waals surface area contributed by atoms with Crippen LogP contribution in [0.1, 0.15) is 28.1 Å². The lowest BCUT2D eigenvalue weighted by atomic mass is 10.2. The van der Waals surface area contributed by atoms with Gasteiger partial charge in [0, 0.05) is 23.2 Å². The van der Waals surface area contributed by atoms with Gasteiger partial charge in [-0.25, -0.2) is 4.98 Å². The number of nitrogens with zero attached hydrogens (tertiary/aromatic N) is 1. The fourth-order valence-corrected chi connectivity index (χ4v) is 2.93. The molecular weight excluding hydrogens is 300 g/mol. The smallest absolute Gasteiger partial charge is 0.257 e. The van der Waals surface area contributed by atoms with E-state index in [0.717, 1.165) is 24.3 Å². The van der Waals surface area contributed by atoms with Crippen LogP contribution in [0.4, 0.5) is 5.13 Å². The highest BCUT2D eigenvalue weighted by molar-refractivity contribution is 7.15. The minimum absolute atomic E-state index is 0.163. The Hall–Kier alpha value is -1.92. The molecule has 0 aliphatic carbocycles. The second-order valence-electron chi connectivity index (χ2n) is 5.20. The van der Waals surface area contributed by atoms with Crippen molar-refractivity contribution in [3.63, 3.8) is 0 Å². The normalized spacial score (nSPS) is 17.4. The minimum Gasteiger partial charge on any atom is -0.491 e. The number of nitrogens with one attached hydrogen (secondary N) is 1. The molecule has 0 bridgehead atoms. The molecule has 1 unspecified atom stereocenters. The van der Waals surface area contributed by atoms with Crippen molar-refractivity contribution in [2.75, 3.05) is 18.5 Å². The standard InChI is InChI=1S/C16H18N2O3S/c1-11-9-17-16(22-11)18-15(19)12-4-2-5-13(8-12)21-10-14-6-3-7-20-14/h2,4-5,8-9,14H,3,6-7,10H2,1H3,(H,17,18,19). The van der Waals surface area contributed by atoms with E-state index >= 15 is 0 Å². The first-order chi connectivity index (χ1) is 10.7. The van der Waals surface area contributed by atoms with Crippen LogP contribution in [0.3, 0.4) is 0 Å². The summed E-state index contributed by atoms with van der Waals surface area (Å²) in [5.41, 5.74) is 0.553. The quantitative estimate of drug-likeness (QED) is 0.919. The van der Waals surface area contributed by atoms with Gasteiger partial charge in [-0.1, -0.05) is 6.07 Å². The molecule has 1 atom stereocenters. The van der Waals surface area contributed by atoms with Crippen LogP contribution in [-0.2, 0) is 4.74 Å². The number of hydrogen-bond acceptors (Lipinski definition) is 5. The number of rotatable bonds is 5. The van der Waals surface area contributed by atoms with E-state index in [2.05, 4.69) is 10.3 Å². The third kappa shape index (κ3) is 3.84. The van der Waals surface area contributed by atoms with Crippen molar-refractivity contribution >= 4 is 22.4 Å². The van der Waals surface area contributed by atoms with Crippen molar-refractivity contribution in [2.24, 2.45) is 0 Å². The molecule has 1 N–H and O–H groups in total. The predicted molar refractivity (Wildman–Crippen MR) is 85.7 cm³/mol. The third-order valence-corrected chi connectivity index (χ3v) is 4.23. The molecule has 1 aromatic heterocycles. The molecule has 1 fully saturated rings. The average Bonchev–Trinajstić information content (AvgIpc) is 3.17. The lowest BCUT2D eigenvalue weighted by Crippen LogP contribution is -2.16. The van der Waals surface area contributed by atoms with Crippen LogP contribution in [0, 0.1) is 6.92 Å². The molecule has 1 aliphatic heterocycles. The SMILES string of the molecule is Cc1cnc(NC(=O)c2cccc(OCC3CCCO3)c2)s1. The van der Waals surface area contributed by atoms with E-state index in [0.29, 0.717) is 23.1 Å². The number of thiazole rings is 1. The van der Waals surface area contributed by atoms with Gasteiger partial charge < -0.3 is 9.47 Å². The number of carbonyl (C=O) groups excluding carboxylic acids is 1. The van der Waals surface area contributed by atoms with Crippen LogP contribution in [0.5, 0.6) is 5.75 Å². The summed E-state index contributed by atoms with van der Waals surface area (Å²) >= 11 is 1.45. The maximum atomic E-state index is 12.2. The fraction of sp³-hybridized carbons (Fsp3) is 0.375. The van der Waals surface area contributed by atoms with Crippen LogP contribution in [0.2, 0.25) is 0 Å². The summed E-state index contributed by atoms with van der Waals surface area (Å²) < 4.78 is 11.2. The molecule has 2 aromatic rings. The number of amides is 1. The summed E-state index contributed by atoms with van der Waals surface area (Å²) in [6.07, 6.45) is 4.02. The van der Waals surface area contributed by atoms with Crippen LogP contribution < -0.4 is 10.1 Å². The molecule has 0 spiro atoms. The molecule has 1 amide bonds. The van der Waals surface area contributed by atoms with Gasteiger partial charge in [-0.2, -0.15) is 0 Å². The minimum atomic E-state index is -0.183. The van der Waals surface area contributed by atoms with E-state index in [-0.39, 0.29) is 12.0 Å². The Morgan fingerprint density at radius 1 is 1.55 bits per heavy atom. The summed E-state index contributed by atoms with van der Waals surface area (Å²) in [5.74, 6) is 0.496.